The number of rotatable bonds is 7. The number of aryl methyl sites for hydroxylation is 2. The van der Waals surface area contributed by atoms with Crippen LogP contribution in [0.4, 0.5) is 5.69 Å². The normalized spacial score (nSPS) is 17.1. The molecule has 1 unspecified atom stereocenters. The van der Waals surface area contributed by atoms with E-state index in [2.05, 4.69) is 10.5 Å². The quantitative estimate of drug-likeness (QED) is 0.815. The lowest BCUT2D eigenvalue weighted by atomic mass is 10.1. The summed E-state index contributed by atoms with van der Waals surface area (Å²) >= 11 is 0. The SMILES string of the molecule is Cc1noc(C)c1CCC(=O)Nc1ccc(OCC2CCCCO2)cc1. The number of carbonyl (C=O) groups is 1. The molecule has 3 rings (SSSR count). The number of nitrogens with zero attached hydrogens (tertiary/aromatic N) is 1. The minimum absolute atomic E-state index is 0.0331. The predicted molar refractivity (Wildman–Crippen MR) is 98.5 cm³/mol. The summed E-state index contributed by atoms with van der Waals surface area (Å²) in [5, 5.41) is 6.82. The maximum absolute atomic E-state index is 12.1. The zero-order chi connectivity index (χ0) is 18.4. The lowest BCUT2D eigenvalue weighted by Crippen LogP contribution is -2.25. The second-order valence-corrected chi connectivity index (χ2v) is 6.67. The van der Waals surface area contributed by atoms with Gasteiger partial charge in [0.1, 0.15) is 18.1 Å². The van der Waals surface area contributed by atoms with Gasteiger partial charge in [-0.25, -0.2) is 0 Å². The van der Waals surface area contributed by atoms with Crippen molar-refractivity contribution in [1.82, 2.24) is 5.16 Å². The van der Waals surface area contributed by atoms with E-state index in [4.69, 9.17) is 14.0 Å². The van der Waals surface area contributed by atoms with Gasteiger partial charge in [0.2, 0.25) is 5.91 Å². The summed E-state index contributed by atoms with van der Waals surface area (Å²) in [6, 6.07) is 7.44. The van der Waals surface area contributed by atoms with E-state index in [9.17, 15) is 4.79 Å². The Bertz CT molecular complexity index is 698. The molecule has 0 spiro atoms. The number of carbonyl (C=O) groups excluding carboxylic acids is 1. The molecule has 1 aromatic carbocycles. The summed E-state index contributed by atoms with van der Waals surface area (Å²) in [5.41, 5.74) is 2.61. The summed E-state index contributed by atoms with van der Waals surface area (Å²) in [4.78, 5) is 12.1. The van der Waals surface area contributed by atoms with Gasteiger partial charge in [-0.15, -0.1) is 0 Å². The molecule has 2 aromatic rings. The van der Waals surface area contributed by atoms with Gasteiger partial charge in [0.15, 0.2) is 0 Å². The summed E-state index contributed by atoms with van der Waals surface area (Å²) in [6.07, 6.45) is 4.59. The zero-order valence-corrected chi connectivity index (χ0v) is 15.4. The standard InChI is InChI=1S/C20H26N2O4/c1-14-19(15(2)26-22-14)10-11-20(23)21-16-6-8-17(9-7-16)25-13-18-5-3-4-12-24-18/h6-9,18H,3-5,10-13H2,1-2H3,(H,21,23). The predicted octanol–water partition coefficient (Wildman–Crippen LogP) is 3.81. The molecule has 1 amide bonds. The number of anilines is 1. The Morgan fingerprint density at radius 2 is 2.08 bits per heavy atom. The fourth-order valence-corrected chi connectivity index (χ4v) is 3.08. The van der Waals surface area contributed by atoms with Gasteiger partial charge in [0.05, 0.1) is 11.8 Å². The molecule has 1 fully saturated rings. The maximum atomic E-state index is 12.1. The van der Waals surface area contributed by atoms with Crippen LogP contribution in [0, 0.1) is 13.8 Å². The van der Waals surface area contributed by atoms with Gasteiger partial charge in [-0.1, -0.05) is 5.16 Å². The zero-order valence-electron chi connectivity index (χ0n) is 15.4. The Labute approximate surface area is 153 Å². The molecule has 6 nitrogen and oxygen atoms in total. The van der Waals surface area contributed by atoms with E-state index >= 15 is 0 Å². The fraction of sp³-hybridized carbons (Fsp3) is 0.500. The van der Waals surface area contributed by atoms with Crippen molar-refractivity contribution >= 4 is 11.6 Å². The number of aromatic nitrogens is 1. The van der Waals surface area contributed by atoms with Crippen LogP contribution in [0.2, 0.25) is 0 Å². The smallest absolute Gasteiger partial charge is 0.224 e. The van der Waals surface area contributed by atoms with E-state index in [0.29, 0.717) is 19.4 Å². The molecule has 1 aromatic heterocycles. The molecule has 6 heteroatoms. The Balaban J connectivity index is 1.43. The van der Waals surface area contributed by atoms with Crippen molar-refractivity contribution < 1.29 is 18.8 Å². The number of nitrogens with one attached hydrogen (secondary N) is 1. The molecule has 0 radical (unpaired) electrons. The molecule has 1 aliphatic rings. The summed E-state index contributed by atoms with van der Waals surface area (Å²) < 4.78 is 16.6. The van der Waals surface area contributed by atoms with Crippen LogP contribution in [0.3, 0.4) is 0 Å². The maximum Gasteiger partial charge on any atom is 0.224 e. The van der Waals surface area contributed by atoms with Gasteiger partial charge in [-0.2, -0.15) is 0 Å². The molecule has 1 aliphatic heterocycles. The van der Waals surface area contributed by atoms with Crippen molar-refractivity contribution in [2.24, 2.45) is 0 Å². The second-order valence-electron chi connectivity index (χ2n) is 6.67. The van der Waals surface area contributed by atoms with E-state index < -0.39 is 0 Å². The van der Waals surface area contributed by atoms with Crippen LogP contribution >= 0.6 is 0 Å². The largest absolute Gasteiger partial charge is 0.491 e. The lowest BCUT2D eigenvalue weighted by Gasteiger charge is -2.22. The highest BCUT2D eigenvalue weighted by molar-refractivity contribution is 5.90. The molecular weight excluding hydrogens is 332 g/mol. The van der Waals surface area contributed by atoms with Gasteiger partial charge in [0.25, 0.3) is 0 Å². The summed E-state index contributed by atoms with van der Waals surface area (Å²) in [7, 11) is 0. The van der Waals surface area contributed by atoms with Crippen LogP contribution in [0.15, 0.2) is 28.8 Å². The van der Waals surface area contributed by atoms with Crippen molar-refractivity contribution in [3.05, 3.63) is 41.3 Å². The minimum atomic E-state index is -0.0331. The molecule has 2 heterocycles. The van der Waals surface area contributed by atoms with Gasteiger partial charge in [-0.05, 0) is 63.8 Å². The first-order valence-corrected chi connectivity index (χ1v) is 9.18. The van der Waals surface area contributed by atoms with E-state index in [1.165, 1.54) is 6.42 Å². The molecule has 0 bridgehead atoms. The van der Waals surface area contributed by atoms with Gasteiger partial charge in [-0.3, -0.25) is 4.79 Å². The van der Waals surface area contributed by atoms with Crippen LogP contribution in [-0.4, -0.2) is 30.4 Å². The highest BCUT2D eigenvalue weighted by Crippen LogP contribution is 2.19. The van der Waals surface area contributed by atoms with Crippen molar-refractivity contribution in [2.45, 2.75) is 52.1 Å². The van der Waals surface area contributed by atoms with E-state index in [1.54, 1.807) is 0 Å². The summed E-state index contributed by atoms with van der Waals surface area (Å²) in [5.74, 6) is 1.53. The second kappa shape index (κ2) is 8.85. The summed E-state index contributed by atoms with van der Waals surface area (Å²) in [6.45, 7) is 5.15. The minimum Gasteiger partial charge on any atom is -0.491 e. The molecule has 0 saturated carbocycles. The first-order valence-electron chi connectivity index (χ1n) is 9.18. The van der Waals surface area contributed by atoms with Crippen LogP contribution in [0.1, 0.15) is 42.7 Å². The molecule has 1 saturated heterocycles. The van der Waals surface area contributed by atoms with Gasteiger partial charge in [0, 0.05) is 24.3 Å². The monoisotopic (exact) mass is 358 g/mol. The van der Waals surface area contributed by atoms with Crippen LogP contribution in [0.5, 0.6) is 5.75 Å². The van der Waals surface area contributed by atoms with Crippen molar-refractivity contribution in [1.29, 1.82) is 0 Å². The molecule has 1 atom stereocenters. The first kappa shape index (κ1) is 18.5. The number of hydrogen-bond acceptors (Lipinski definition) is 5. The van der Waals surface area contributed by atoms with E-state index in [0.717, 1.165) is 47.9 Å². The van der Waals surface area contributed by atoms with E-state index in [1.807, 2.05) is 38.1 Å². The van der Waals surface area contributed by atoms with E-state index in [-0.39, 0.29) is 12.0 Å². The van der Waals surface area contributed by atoms with Crippen LogP contribution < -0.4 is 10.1 Å². The average Bonchev–Trinajstić information content (AvgIpc) is 2.98. The van der Waals surface area contributed by atoms with Crippen molar-refractivity contribution in [3.63, 3.8) is 0 Å². The topological polar surface area (TPSA) is 73.6 Å². The lowest BCUT2D eigenvalue weighted by molar-refractivity contribution is -0.116. The third-order valence-electron chi connectivity index (χ3n) is 4.63. The average molecular weight is 358 g/mol. The number of hydrogen-bond donors (Lipinski definition) is 1. The number of amides is 1. The molecule has 140 valence electrons. The third kappa shape index (κ3) is 5.08. The highest BCUT2D eigenvalue weighted by Gasteiger charge is 2.14. The Kier molecular flexibility index (Phi) is 6.28. The number of benzene rings is 1. The molecular formula is C20H26N2O4. The van der Waals surface area contributed by atoms with Crippen LogP contribution in [0.25, 0.3) is 0 Å². The van der Waals surface area contributed by atoms with Crippen molar-refractivity contribution in [2.75, 3.05) is 18.5 Å². The Morgan fingerprint density at radius 1 is 1.27 bits per heavy atom. The molecule has 26 heavy (non-hydrogen) atoms. The number of ether oxygens (including phenoxy) is 2. The Morgan fingerprint density at radius 3 is 2.73 bits per heavy atom. The highest BCUT2D eigenvalue weighted by atomic mass is 16.5. The van der Waals surface area contributed by atoms with Crippen molar-refractivity contribution in [3.8, 4) is 5.75 Å². The third-order valence-corrected chi connectivity index (χ3v) is 4.63. The van der Waals surface area contributed by atoms with Crippen LogP contribution in [-0.2, 0) is 16.0 Å². The van der Waals surface area contributed by atoms with Gasteiger partial charge < -0.3 is 19.3 Å². The first-order chi connectivity index (χ1) is 12.6. The Hall–Kier alpha value is -2.34. The molecule has 0 aliphatic carbocycles. The van der Waals surface area contributed by atoms with Gasteiger partial charge >= 0.3 is 0 Å². The molecule has 1 N–H and O–H groups in total. The fourth-order valence-electron chi connectivity index (χ4n) is 3.08.